The van der Waals surface area contributed by atoms with E-state index in [4.69, 9.17) is 14.6 Å². The summed E-state index contributed by atoms with van der Waals surface area (Å²) in [6, 6.07) is 4.92. The number of anilines is 1. The molecule has 0 bridgehead atoms. The van der Waals surface area contributed by atoms with E-state index in [9.17, 15) is 4.79 Å². The summed E-state index contributed by atoms with van der Waals surface area (Å²) < 4.78 is 10.5. The lowest BCUT2D eigenvalue weighted by molar-refractivity contribution is -0.137. The molecule has 5 nitrogen and oxygen atoms in total. The number of carboxylic acids is 1. The van der Waals surface area contributed by atoms with Gasteiger partial charge >= 0.3 is 5.97 Å². The zero-order valence-corrected chi connectivity index (χ0v) is 10.9. The maximum Gasteiger partial charge on any atom is 0.325 e. The van der Waals surface area contributed by atoms with E-state index in [1.807, 2.05) is 25.1 Å². The number of hydrogen-bond acceptors (Lipinski definition) is 4. The van der Waals surface area contributed by atoms with Gasteiger partial charge in [-0.25, -0.2) is 0 Å². The monoisotopic (exact) mass is 253 g/mol. The summed E-state index contributed by atoms with van der Waals surface area (Å²) in [6.45, 7) is 4.45. The van der Waals surface area contributed by atoms with Crippen molar-refractivity contribution in [2.45, 2.75) is 19.9 Å². The highest BCUT2D eigenvalue weighted by molar-refractivity contribution is 5.77. The Morgan fingerprint density at radius 1 is 1.44 bits per heavy atom. The molecule has 1 unspecified atom stereocenters. The number of aryl methyl sites for hydroxylation is 1. The predicted octanol–water partition coefficient (Wildman–Crippen LogP) is 1.91. The molecule has 1 aromatic carbocycles. The van der Waals surface area contributed by atoms with Crippen LogP contribution in [0.15, 0.2) is 18.2 Å². The Bertz CT molecular complexity index is 406. The summed E-state index contributed by atoms with van der Waals surface area (Å²) in [6.07, 6.45) is 0. The van der Waals surface area contributed by atoms with Crippen LogP contribution in [0.2, 0.25) is 0 Å². The molecule has 0 aliphatic rings. The van der Waals surface area contributed by atoms with Crippen LogP contribution >= 0.6 is 0 Å². The average molecular weight is 253 g/mol. The number of benzene rings is 1. The van der Waals surface area contributed by atoms with E-state index >= 15 is 0 Å². The van der Waals surface area contributed by atoms with Gasteiger partial charge in [-0.15, -0.1) is 0 Å². The van der Waals surface area contributed by atoms with Crippen molar-refractivity contribution in [2.75, 3.05) is 25.6 Å². The number of rotatable bonds is 7. The highest BCUT2D eigenvalue weighted by Crippen LogP contribution is 2.26. The maximum atomic E-state index is 10.8. The smallest absolute Gasteiger partial charge is 0.325 e. The Kier molecular flexibility index (Phi) is 5.45. The van der Waals surface area contributed by atoms with Crippen LogP contribution < -0.4 is 10.1 Å². The van der Waals surface area contributed by atoms with Crippen molar-refractivity contribution >= 4 is 11.7 Å². The van der Waals surface area contributed by atoms with Crippen molar-refractivity contribution in [3.8, 4) is 5.75 Å². The first kappa shape index (κ1) is 14.3. The molecule has 5 heteroatoms. The Labute approximate surface area is 107 Å². The quantitative estimate of drug-likeness (QED) is 0.726. The molecule has 1 aromatic rings. The van der Waals surface area contributed by atoms with Crippen LogP contribution in [0, 0.1) is 6.92 Å². The minimum atomic E-state index is -0.904. The Hall–Kier alpha value is -1.75. The SMILES string of the molecule is COCCOc1cc(C)ccc1NC(C)C(=O)O. The lowest BCUT2D eigenvalue weighted by Gasteiger charge is -2.16. The third kappa shape index (κ3) is 4.25. The van der Waals surface area contributed by atoms with Crippen molar-refractivity contribution in [3.63, 3.8) is 0 Å². The van der Waals surface area contributed by atoms with E-state index in [1.54, 1.807) is 14.0 Å². The number of nitrogens with one attached hydrogen (secondary N) is 1. The Morgan fingerprint density at radius 2 is 2.17 bits per heavy atom. The van der Waals surface area contributed by atoms with Gasteiger partial charge in [0, 0.05) is 7.11 Å². The molecule has 1 atom stereocenters. The van der Waals surface area contributed by atoms with E-state index in [0.29, 0.717) is 24.7 Å². The molecule has 0 saturated heterocycles. The second-order valence-corrected chi connectivity index (χ2v) is 4.05. The van der Waals surface area contributed by atoms with Gasteiger partial charge in [0.25, 0.3) is 0 Å². The van der Waals surface area contributed by atoms with Gasteiger partial charge in [0.1, 0.15) is 18.4 Å². The third-order valence-corrected chi connectivity index (χ3v) is 2.42. The van der Waals surface area contributed by atoms with Gasteiger partial charge in [0.15, 0.2) is 0 Å². The van der Waals surface area contributed by atoms with Crippen molar-refractivity contribution in [3.05, 3.63) is 23.8 Å². The average Bonchev–Trinajstić information content (AvgIpc) is 2.32. The van der Waals surface area contributed by atoms with E-state index in [1.165, 1.54) is 0 Å². The van der Waals surface area contributed by atoms with Gasteiger partial charge in [-0.05, 0) is 31.5 Å². The second-order valence-electron chi connectivity index (χ2n) is 4.05. The van der Waals surface area contributed by atoms with Gasteiger partial charge in [-0.3, -0.25) is 4.79 Å². The fourth-order valence-electron chi connectivity index (χ4n) is 1.40. The molecule has 18 heavy (non-hydrogen) atoms. The van der Waals surface area contributed by atoms with Gasteiger partial charge < -0.3 is 19.9 Å². The normalized spacial score (nSPS) is 11.9. The number of carboxylic acid groups (broad SMARTS) is 1. The number of carbonyl (C=O) groups is 1. The summed E-state index contributed by atoms with van der Waals surface area (Å²) in [5.74, 6) is -0.265. The number of methoxy groups -OCH3 is 1. The number of aliphatic carboxylic acids is 1. The zero-order chi connectivity index (χ0) is 13.5. The second kappa shape index (κ2) is 6.86. The van der Waals surface area contributed by atoms with Crippen molar-refractivity contribution in [1.82, 2.24) is 0 Å². The highest BCUT2D eigenvalue weighted by Gasteiger charge is 2.13. The van der Waals surface area contributed by atoms with Crippen LogP contribution in [-0.4, -0.2) is 37.4 Å². The molecule has 0 spiro atoms. The van der Waals surface area contributed by atoms with Gasteiger partial charge in [-0.2, -0.15) is 0 Å². The summed E-state index contributed by atoms with van der Waals surface area (Å²) in [5.41, 5.74) is 1.72. The minimum Gasteiger partial charge on any atom is -0.489 e. The molecule has 0 heterocycles. The zero-order valence-electron chi connectivity index (χ0n) is 10.9. The van der Waals surface area contributed by atoms with Crippen LogP contribution in [0.3, 0.4) is 0 Å². The first-order chi connectivity index (χ1) is 8.54. The van der Waals surface area contributed by atoms with Crippen LogP contribution in [-0.2, 0) is 9.53 Å². The molecule has 0 radical (unpaired) electrons. The molecule has 0 aromatic heterocycles. The van der Waals surface area contributed by atoms with Crippen LogP contribution in [0.5, 0.6) is 5.75 Å². The van der Waals surface area contributed by atoms with Crippen LogP contribution in [0.4, 0.5) is 5.69 Å². The maximum absolute atomic E-state index is 10.8. The minimum absolute atomic E-state index is 0.427. The largest absolute Gasteiger partial charge is 0.489 e. The summed E-state index contributed by atoms with van der Waals surface area (Å²) in [7, 11) is 1.60. The summed E-state index contributed by atoms with van der Waals surface area (Å²) >= 11 is 0. The van der Waals surface area contributed by atoms with E-state index in [2.05, 4.69) is 5.32 Å². The standard InChI is InChI=1S/C13H19NO4/c1-9-4-5-11(14-10(2)13(15)16)12(8-9)18-7-6-17-3/h4-5,8,10,14H,6-7H2,1-3H3,(H,15,16). The van der Waals surface area contributed by atoms with E-state index in [0.717, 1.165) is 5.56 Å². The lowest BCUT2D eigenvalue weighted by Crippen LogP contribution is -2.25. The van der Waals surface area contributed by atoms with E-state index < -0.39 is 12.0 Å². The summed E-state index contributed by atoms with van der Waals surface area (Å²) in [4.78, 5) is 10.8. The Morgan fingerprint density at radius 3 is 2.78 bits per heavy atom. The molecule has 0 aliphatic heterocycles. The summed E-state index contributed by atoms with van der Waals surface area (Å²) in [5, 5.41) is 11.8. The molecular formula is C13H19NO4. The fraction of sp³-hybridized carbons (Fsp3) is 0.462. The van der Waals surface area contributed by atoms with Gasteiger partial charge in [0.05, 0.1) is 12.3 Å². The van der Waals surface area contributed by atoms with Crippen LogP contribution in [0.1, 0.15) is 12.5 Å². The van der Waals surface area contributed by atoms with Crippen molar-refractivity contribution < 1.29 is 19.4 Å². The third-order valence-electron chi connectivity index (χ3n) is 2.42. The molecule has 100 valence electrons. The fourth-order valence-corrected chi connectivity index (χ4v) is 1.40. The highest BCUT2D eigenvalue weighted by atomic mass is 16.5. The van der Waals surface area contributed by atoms with E-state index in [-0.39, 0.29) is 0 Å². The van der Waals surface area contributed by atoms with Crippen molar-refractivity contribution in [2.24, 2.45) is 0 Å². The molecule has 0 aliphatic carbocycles. The topological polar surface area (TPSA) is 67.8 Å². The lowest BCUT2D eigenvalue weighted by atomic mass is 10.2. The Balaban J connectivity index is 2.78. The first-order valence-electron chi connectivity index (χ1n) is 5.76. The molecule has 2 N–H and O–H groups in total. The van der Waals surface area contributed by atoms with Crippen molar-refractivity contribution in [1.29, 1.82) is 0 Å². The number of ether oxygens (including phenoxy) is 2. The molecule has 0 fully saturated rings. The van der Waals surface area contributed by atoms with Crippen LogP contribution in [0.25, 0.3) is 0 Å². The molecule has 0 amide bonds. The first-order valence-corrected chi connectivity index (χ1v) is 5.76. The molecule has 1 rings (SSSR count). The molecule has 0 saturated carbocycles. The molecular weight excluding hydrogens is 234 g/mol. The predicted molar refractivity (Wildman–Crippen MR) is 69.3 cm³/mol. The van der Waals surface area contributed by atoms with Gasteiger partial charge in [-0.1, -0.05) is 6.07 Å². The van der Waals surface area contributed by atoms with Gasteiger partial charge in [0.2, 0.25) is 0 Å². The number of hydrogen-bond donors (Lipinski definition) is 2.